The molecule has 0 atom stereocenters. The molecule has 0 fully saturated rings. The number of benzene rings is 1. The van der Waals surface area contributed by atoms with Crippen LogP contribution in [0.15, 0.2) is 47.5 Å². The van der Waals surface area contributed by atoms with Crippen molar-refractivity contribution in [2.75, 3.05) is 0 Å². The van der Waals surface area contributed by atoms with E-state index in [2.05, 4.69) is 4.98 Å². The first-order chi connectivity index (χ1) is 9.42. The van der Waals surface area contributed by atoms with Crippen LogP contribution in [0.2, 0.25) is 5.15 Å². The van der Waals surface area contributed by atoms with Crippen LogP contribution in [-0.2, 0) is 10.1 Å². The number of halogens is 1. The highest BCUT2D eigenvalue weighted by Crippen LogP contribution is 2.31. The van der Waals surface area contributed by atoms with E-state index in [0.717, 1.165) is 12.3 Å². The van der Waals surface area contributed by atoms with Crippen molar-refractivity contribution in [2.24, 2.45) is 0 Å². The smallest absolute Gasteiger partial charge is 0.349 e. The van der Waals surface area contributed by atoms with Gasteiger partial charge in [-0.25, -0.2) is 4.98 Å². The van der Waals surface area contributed by atoms with Gasteiger partial charge in [0.1, 0.15) is 5.75 Å². The average Bonchev–Trinajstić information content (AvgIpc) is 2.38. The van der Waals surface area contributed by atoms with Crippen LogP contribution in [0.5, 0.6) is 5.75 Å². The second kappa shape index (κ2) is 5.43. The number of para-hydroxylation sites is 1. The topological polar surface area (TPSA) is 99.4 Å². The highest BCUT2D eigenvalue weighted by molar-refractivity contribution is 7.87. The Kier molecular flexibility index (Phi) is 3.86. The molecule has 0 aliphatic heterocycles. The van der Waals surface area contributed by atoms with Gasteiger partial charge in [0.05, 0.1) is 4.92 Å². The molecule has 104 valence electrons. The molecule has 2 aromatic rings. The minimum atomic E-state index is -4.46. The lowest BCUT2D eigenvalue weighted by atomic mass is 10.3. The summed E-state index contributed by atoms with van der Waals surface area (Å²) in [6.07, 6.45) is 1.04. The van der Waals surface area contributed by atoms with Crippen molar-refractivity contribution in [2.45, 2.75) is 4.90 Å². The Morgan fingerprint density at radius 2 is 1.85 bits per heavy atom. The molecule has 1 heterocycles. The molecular formula is C11H7ClN2O5S. The molecule has 0 N–H and O–H groups in total. The SMILES string of the molecule is O=[N+]([O-])c1ccnc(Cl)c1S(=O)(=O)Oc1ccccc1. The first-order valence-corrected chi connectivity index (χ1v) is 6.99. The second-order valence-corrected chi connectivity index (χ2v) is 5.40. The zero-order valence-electron chi connectivity index (χ0n) is 9.76. The van der Waals surface area contributed by atoms with Crippen LogP contribution in [-0.4, -0.2) is 18.3 Å². The van der Waals surface area contributed by atoms with E-state index in [1.54, 1.807) is 18.2 Å². The van der Waals surface area contributed by atoms with Gasteiger partial charge in [-0.15, -0.1) is 0 Å². The molecule has 9 heteroatoms. The predicted molar refractivity (Wildman–Crippen MR) is 70.2 cm³/mol. The largest absolute Gasteiger partial charge is 0.379 e. The summed E-state index contributed by atoms with van der Waals surface area (Å²) in [5.41, 5.74) is -0.694. The predicted octanol–water partition coefficient (Wildman–Crippen LogP) is 2.41. The minimum absolute atomic E-state index is 0.0155. The molecule has 0 aliphatic rings. The van der Waals surface area contributed by atoms with Crippen molar-refractivity contribution in [3.05, 3.63) is 57.9 Å². The molecule has 0 bridgehead atoms. The van der Waals surface area contributed by atoms with Crippen molar-refractivity contribution in [3.8, 4) is 5.75 Å². The molecule has 2 rings (SSSR count). The summed E-state index contributed by atoms with van der Waals surface area (Å²) in [5.74, 6) is 0.0155. The van der Waals surface area contributed by atoms with Crippen molar-refractivity contribution in [1.29, 1.82) is 0 Å². The molecule has 0 saturated carbocycles. The van der Waals surface area contributed by atoms with E-state index in [1.165, 1.54) is 12.1 Å². The van der Waals surface area contributed by atoms with Crippen molar-refractivity contribution >= 4 is 27.4 Å². The molecule has 0 unspecified atom stereocenters. The van der Waals surface area contributed by atoms with Crippen LogP contribution in [0.3, 0.4) is 0 Å². The third-order valence-corrected chi connectivity index (χ3v) is 3.95. The normalized spacial score (nSPS) is 11.1. The Labute approximate surface area is 119 Å². The Bertz CT molecular complexity index is 749. The van der Waals surface area contributed by atoms with Crippen molar-refractivity contribution < 1.29 is 17.5 Å². The Morgan fingerprint density at radius 1 is 1.20 bits per heavy atom. The van der Waals surface area contributed by atoms with Crippen LogP contribution >= 0.6 is 11.6 Å². The molecular weight excluding hydrogens is 308 g/mol. The number of hydrogen-bond donors (Lipinski definition) is 0. The zero-order valence-corrected chi connectivity index (χ0v) is 11.3. The molecule has 0 saturated heterocycles. The van der Waals surface area contributed by atoms with Crippen LogP contribution in [0.4, 0.5) is 5.69 Å². The lowest BCUT2D eigenvalue weighted by Gasteiger charge is -2.07. The van der Waals surface area contributed by atoms with E-state index in [1.807, 2.05) is 0 Å². The van der Waals surface area contributed by atoms with Gasteiger partial charge in [0, 0.05) is 12.3 Å². The molecule has 0 amide bonds. The lowest BCUT2D eigenvalue weighted by Crippen LogP contribution is -2.13. The first-order valence-electron chi connectivity index (χ1n) is 5.20. The quantitative estimate of drug-likeness (QED) is 0.372. The second-order valence-electron chi connectivity index (χ2n) is 3.56. The molecule has 0 spiro atoms. The summed E-state index contributed by atoms with van der Waals surface area (Å²) >= 11 is 5.65. The van der Waals surface area contributed by atoms with E-state index in [-0.39, 0.29) is 5.75 Å². The Morgan fingerprint density at radius 3 is 2.45 bits per heavy atom. The van der Waals surface area contributed by atoms with Gasteiger partial charge in [-0.05, 0) is 12.1 Å². The molecule has 0 radical (unpaired) electrons. The van der Waals surface area contributed by atoms with E-state index < -0.39 is 30.8 Å². The monoisotopic (exact) mass is 314 g/mol. The third-order valence-electron chi connectivity index (χ3n) is 2.24. The molecule has 7 nitrogen and oxygen atoms in total. The fraction of sp³-hybridized carbons (Fsp3) is 0. The lowest BCUT2D eigenvalue weighted by molar-refractivity contribution is -0.388. The first kappa shape index (κ1) is 14.2. The third kappa shape index (κ3) is 2.86. The maximum atomic E-state index is 12.1. The summed E-state index contributed by atoms with van der Waals surface area (Å²) in [6.45, 7) is 0. The molecule has 1 aromatic heterocycles. The fourth-order valence-corrected chi connectivity index (χ4v) is 2.97. The van der Waals surface area contributed by atoms with Crippen LogP contribution < -0.4 is 4.18 Å². The summed E-state index contributed by atoms with van der Waals surface area (Å²) < 4.78 is 29.0. The number of pyridine rings is 1. The number of aromatic nitrogens is 1. The summed E-state index contributed by atoms with van der Waals surface area (Å²) in [4.78, 5) is 12.8. The maximum absolute atomic E-state index is 12.1. The highest BCUT2D eigenvalue weighted by Gasteiger charge is 2.31. The van der Waals surface area contributed by atoms with Gasteiger partial charge >= 0.3 is 10.1 Å². The van der Waals surface area contributed by atoms with E-state index >= 15 is 0 Å². The summed E-state index contributed by atoms with van der Waals surface area (Å²) in [5, 5.41) is 10.4. The zero-order chi connectivity index (χ0) is 14.8. The Balaban J connectivity index is 2.53. The number of nitrogens with zero attached hydrogens (tertiary/aromatic N) is 2. The Hall–Kier alpha value is -2.19. The maximum Gasteiger partial charge on any atom is 0.349 e. The van der Waals surface area contributed by atoms with Gasteiger partial charge < -0.3 is 4.18 Å². The fourth-order valence-electron chi connectivity index (χ4n) is 1.43. The van der Waals surface area contributed by atoms with Gasteiger partial charge in [-0.1, -0.05) is 29.8 Å². The highest BCUT2D eigenvalue weighted by atomic mass is 35.5. The summed E-state index contributed by atoms with van der Waals surface area (Å²) in [6, 6.07) is 8.52. The van der Waals surface area contributed by atoms with Gasteiger partial charge in [-0.3, -0.25) is 10.1 Å². The van der Waals surface area contributed by atoms with E-state index in [9.17, 15) is 18.5 Å². The van der Waals surface area contributed by atoms with Gasteiger partial charge in [-0.2, -0.15) is 8.42 Å². The molecule has 1 aromatic carbocycles. The van der Waals surface area contributed by atoms with Crippen molar-refractivity contribution in [3.63, 3.8) is 0 Å². The molecule has 20 heavy (non-hydrogen) atoms. The standard InChI is InChI=1S/C11H7ClN2O5S/c12-11-10(9(14(15)16)6-7-13-11)20(17,18)19-8-4-2-1-3-5-8/h1-7H. The van der Waals surface area contributed by atoms with Crippen LogP contribution in [0, 0.1) is 10.1 Å². The van der Waals surface area contributed by atoms with Gasteiger partial charge in [0.25, 0.3) is 5.69 Å². The summed E-state index contributed by atoms with van der Waals surface area (Å²) in [7, 11) is -4.46. The average molecular weight is 315 g/mol. The molecule has 0 aliphatic carbocycles. The van der Waals surface area contributed by atoms with Gasteiger partial charge in [0.2, 0.25) is 4.90 Å². The van der Waals surface area contributed by atoms with Crippen LogP contribution in [0.1, 0.15) is 0 Å². The number of rotatable bonds is 4. The van der Waals surface area contributed by atoms with E-state index in [4.69, 9.17) is 15.8 Å². The van der Waals surface area contributed by atoms with Crippen LogP contribution in [0.25, 0.3) is 0 Å². The van der Waals surface area contributed by atoms with E-state index in [0.29, 0.717) is 0 Å². The minimum Gasteiger partial charge on any atom is -0.379 e. The number of nitro groups is 1. The van der Waals surface area contributed by atoms with Gasteiger partial charge in [0.15, 0.2) is 5.15 Å². The number of hydrogen-bond acceptors (Lipinski definition) is 6. The van der Waals surface area contributed by atoms with Crippen molar-refractivity contribution in [1.82, 2.24) is 4.98 Å².